The molecule has 0 unspecified atom stereocenters. The SMILES string of the molecule is CCn1ncc(C(=O)Nc2cccc(Cn3cccn3)c2)c1C. The lowest BCUT2D eigenvalue weighted by atomic mass is 10.2. The van der Waals surface area contributed by atoms with E-state index >= 15 is 0 Å². The van der Waals surface area contributed by atoms with Gasteiger partial charge >= 0.3 is 0 Å². The molecule has 0 saturated heterocycles. The smallest absolute Gasteiger partial charge is 0.259 e. The Balaban J connectivity index is 1.74. The minimum absolute atomic E-state index is 0.140. The van der Waals surface area contributed by atoms with Crippen molar-refractivity contribution < 1.29 is 4.79 Å². The molecular weight excluding hydrogens is 290 g/mol. The van der Waals surface area contributed by atoms with Gasteiger partial charge in [0.15, 0.2) is 0 Å². The Hall–Kier alpha value is -2.89. The fraction of sp³-hybridized carbons (Fsp3) is 0.235. The van der Waals surface area contributed by atoms with Crippen LogP contribution in [0.25, 0.3) is 0 Å². The molecule has 2 aromatic heterocycles. The number of rotatable bonds is 5. The molecule has 0 spiro atoms. The number of carbonyl (C=O) groups is 1. The van der Waals surface area contributed by atoms with Crippen molar-refractivity contribution in [2.24, 2.45) is 0 Å². The van der Waals surface area contributed by atoms with Gasteiger partial charge in [-0.1, -0.05) is 12.1 Å². The normalized spacial score (nSPS) is 10.7. The lowest BCUT2D eigenvalue weighted by Crippen LogP contribution is -2.13. The molecule has 1 aromatic carbocycles. The summed E-state index contributed by atoms with van der Waals surface area (Å²) in [6.07, 6.45) is 5.27. The Morgan fingerprint density at radius 3 is 2.83 bits per heavy atom. The molecule has 1 amide bonds. The van der Waals surface area contributed by atoms with E-state index in [-0.39, 0.29) is 5.91 Å². The molecule has 23 heavy (non-hydrogen) atoms. The molecular formula is C17H19N5O. The van der Waals surface area contributed by atoms with E-state index in [1.165, 1.54) is 0 Å². The second-order valence-electron chi connectivity index (χ2n) is 5.32. The molecule has 0 aliphatic heterocycles. The topological polar surface area (TPSA) is 64.7 Å². The number of aryl methyl sites for hydroxylation is 1. The van der Waals surface area contributed by atoms with Gasteiger partial charge in [-0.05, 0) is 37.6 Å². The van der Waals surface area contributed by atoms with Gasteiger partial charge in [-0.3, -0.25) is 14.2 Å². The third-order valence-electron chi connectivity index (χ3n) is 3.74. The maximum Gasteiger partial charge on any atom is 0.259 e. The number of hydrogen-bond donors (Lipinski definition) is 1. The van der Waals surface area contributed by atoms with Crippen molar-refractivity contribution in [2.45, 2.75) is 26.9 Å². The summed E-state index contributed by atoms with van der Waals surface area (Å²) < 4.78 is 3.65. The summed E-state index contributed by atoms with van der Waals surface area (Å²) in [5.41, 5.74) is 3.32. The van der Waals surface area contributed by atoms with Crippen molar-refractivity contribution in [3.05, 3.63) is 65.7 Å². The van der Waals surface area contributed by atoms with Crippen LogP contribution >= 0.6 is 0 Å². The summed E-state index contributed by atoms with van der Waals surface area (Å²) in [4.78, 5) is 12.4. The van der Waals surface area contributed by atoms with Gasteiger partial charge in [0.2, 0.25) is 0 Å². The molecule has 0 saturated carbocycles. The van der Waals surface area contributed by atoms with E-state index in [1.54, 1.807) is 12.4 Å². The largest absolute Gasteiger partial charge is 0.322 e. The van der Waals surface area contributed by atoms with Crippen LogP contribution < -0.4 is 5.32 Å². The molecule has 3 aromatic rings. The lowest BCUT2D eigenvalue weighted by molar-refractivity contribution is 0.102. The Morgan fingerprint density at radius 2 is 2.13 bits per heavy atom. The number of nitrogens with one attached hydrogen (secondary N) is 1. The standard InChI is InChI=1S/C17H19N5O/c1-3-22-13(2)16(11-19-22)17(23)20-15-7-4-6-14(10-15)12-21-9-5-8-18-21/h4-11H,3,12H2,1-2H3,(H,20,23). The van der Waals surface area contributed by atoms with Crippen LogP contribution in [0, 0.1) is 6.92 Å². The quantitative estimate of drug-likeness (QED) is 0.788. The predicted octanol–water partition coefficient (Wildman–Crippen LogP) is 2.71. The Morgan fingerprint density at radius 1 is 1.26 bits per heavy atom. The van der Waals surface area contributed by atoms with E-state index in [4.69, 9.17) is 0 Å². The second kappa shape index (κ2) is 6.48. The second-order valence-corrected chi connectivity index (χ2v) is 5.32. The highest BCUT2D eigenvalue weighted by Gasteiger charge is 2.13. The first-order chi connectivity index (χ1) is 11.2. The summed E-state index contributed by atoms with van der Waals surface area (Å²) in [5, 5.41) is 11.3. The van der Waals surface area contributed by atoms with Gasteiger partial charge in [-0.2, -0.15) is 10.2 Å². The molecule has 0 fully saturated rings. The van der Waals surface area contributed by atoms with E-state index in [9.17, 15) is 4.79 Å². The minimum Gasteiger partial charge on any atom is -0.322 e. The van der Waals surface area contributed by atoms with Crippen molar-refractivity contribution in [1.82, 2.24) is 19.6 Å². The van der Waals surface area contributed by atoms with Crippen molar-refractivity contribution in [3.63, 3.8) is 0 Å². The van der Waals surface area contributed by atoms with E-state index in [2.05, 4.69) is 15.5 Å². The predicted molar refractivity (Wildman–Crippen MR) is 88.4 cm³/mol. The van der Waals surface area contributed by atoms with Gasteiger partial charge in [0.1, 0.15) is 0 Å². The van der Waals surface area contributed by atoms with E-state index in [1.807, 2.05) is 59.7 Å². The van der Waals surface area contributed by atoms with Gasteiger partial charge in [0.25, 0.3) is 5.91 Å². The summed E-state index contributed by atoms with van der Waals surface area (Å²) in [6, 6.07) is 9.66. The van der Waals surface area contributed by atoms with Gasteiger partial charge in [-0.25, -0.2) is 0 Å². The molecule has 6 nitrogen and oxygen atoms in total. The fourth-order valence-electron chi connectivity index (χ4n) is 2.52. The van der Waals surface area contributed by atoms with Gasteiger partial charge in [-0.15, -0.1) is 0 Å². The monoisotopic (exact) mass is 309 g/mol. The Labute approximate surface area is 134 Å². The van der Waals surface area contributed by atoms with Crippen LogP contribution in [0.3, 0.4) is 0 Å². The molecule has 0 aliphatic rings. The van der Waals surface area contributed by atoms with Gasteiger partial charge < -0.3 is 5.32 Å². The number of anilines is 1. The van der Waals surface area contributed by atoms with Crippen molar-refractivity contribution in [2.75, 3.05) is 5.32 Å². The fourth-order valence-corrected chi connectivity index (χ4v) is 2.52. The first kappa shape index (κ1) is 15.0. The molecule has 2 heterocycles. The summed E-state index contributed by atoms with van der Waals surface area (Å²) >= 11 is 0. The highest BCUT2D eigenvalue weighted by Crippen LogP contribution is 2.15. The molecule has 0 aliphatic carbocycles. The van der Waals surface area contributed by atoms with Crippen LogP contribution in [0.5, 0.6) is 0 Å². The van der Waals surface area contributed by atoms with Crippen LogP contribution in [0.15, 0.2) is 48.9 Å². The third-order valence-corrected chi connectivity index (χ3v) is 3.74. The van der Waals surface area contributed by atoms with Crippen molar-refractivity contribution in [1.29, 1.82) is 0 Å². The molecule has 118 valence electrons. The zero-order valence-corrected chi connectivity index (χ0v) is 13.2. The Kier molecular flexibility index (Phi) is 4.23. The first-order valence-corrected chi connectivity index (χ1v) is 7.57. The minimum atomic E-state index is -0.140. The van der Waals surface area contributed by atoms with Crippen LogP contribution in [0.2, 0.25) is 0 Å². The van der Waals surface area contributed by atoms with E-state index in [0.29, 0.717) is 12.1 Å². The number of benzene rings is 1. The van der Waals surface area contributed by atoms with Gasteiger partial charge in [0.05, 0.1) is 18.3 Å². The van der Waals surface area contributed by atoms with E-state index < -0.39 is 0 Å². The molecule has 0 bridgehead atoms. The highest BCUT2D eigenvalue weighted by atomic mass is 16.1. The first-order valence-electron chi connectivity index (χ1n) is 7.57. The summed E-state index contributed by atoms with van der Waals surface area (Å²) in [7, 11) is 0. The molecule has 6 heteroatoms. The lowest BCUT2D eigenvalue weighted by Gasteiger charge is -2.08. The highest BCUT2D eigenvalue weighted by molar-refractivity contribution is 6.04. The number of aromatic nitrogens is 4. The van der Waals surface area contributed by atoms with Crippen LogP contribution in [-0.4, -0.2) is 25.5 Å². The average Bonchev–Trinajstić information content (AvgIpc) is 3.17. The molecule has 0 radical (unpaired) electrons. The van der Waals surface area contributed by atoms with Gasteiger partial charge in [0, 0.05) is 30.3 Å². The van der Waals surface area contributed by atoms with Crippen LogP contribution in [-0.2, 0) is 13.1 Å². The number of nitrogens with zero attached hydrogens (tertiary/aromatic N) is 4. The van der Waals surface area contributed by atoms with E-state index in [0.717, 1.165) is 23.5 Å². The number of amides is 1. The maximum atomic E-state index is 12.4. The Bertz CT molecular complexity index is 804. The summed E-state index contributed by atoms with van der Waals surface area (Å²) in [6.45, 7) is 5.32. The van der Waals surface area contributed by atoms with Crippen LogP contribution in [0.1, 0.15) is 28.5 Å². The zero-order chi connectivity index (χ0) is 16.2. The average molecular weight is 309 g/mol. The maximum absolute atomic E-state index is 12.4. The van der Waals surface area contributed by atoms with Crippen molar-refractivity contribution in [3.8, 4) is 0 Å². The van der Waals surface area contributed by atoms with Crippen LogP contribution in [0.4, 0.5) is 5.69 Å². The molecule has 0 atom stereocenters. The summed E-state index contributed by atoms with van der Waals surface area (Å²) in [5.74, 6) is -0.140. The van der Waals surface area contributed by atoms with Crippen molar-refractivity contribution >= 4 is 11.6 Å². The number of hydrogen-bond acceptors (Lipinski definition) is 3. The number of carbonyl (C=O) groups excluding carboxylic acids is 1. The zero-order valence-electron chi connectivity index (χ0n) is 13.2. The molecule has 1 N–H and O–H groups in total. The third kappa shape index (κ3) is 3.31. The molecule has 3 rings (SSSR count).